The molecule has 2 aromatic carbocycles. The number of alkyl carbamates (subject to hydrolysis) is 1. The Kier molecular flexibility index (Phi) is 6.16. The van der Waals surface area contributed by atoms with Crippen molar-refractivity contribution in [3.8, 4) is 11.1 Å². The summed E-state index contributed by atoms with van der Waals surface area (Å²) in [5, 5.41) is 13.8. The zero-order valence-electron chi connectivity index (χ0n) is 16.3. The molecule has 0 bridgehead atoms. The number of nitrogens with one attached hydrogen (secondary N) is 2. The van der Waals surface area contributed by atoms with Crippen molar-refractivity contribution in [2.75, 3.05) is 6.61 Å². The van der Waals surface area contributed by atoms with Crippen LogP contribution in [-0.4, -0.2) is 41.8 Å². The number of carboxylic acid groups (broad SMARTS) is 1. The van der Waals surface area contributed by atoms with Gasteiger partial charge in [0.15, 0.2) is 0 Å². The Hall–Kier alpha value is -3.35. The van der Waals surface area contributed by atoms with Gasteiger partial charge in [-0.05, 0) is 36.1 Å². The molecule has 29 heavy (non-hydrogen) atoms. The van der Waals surface area contributed by atoms with Crippen molar-refractivity contribution < 1.29 is 24.2 Å². The lowest BCUT2D eigenvalue weighted by Gasteiger charge is -2.17. The molecule has 152 valence electrons. The topological polar surface area (TPSA) is 105 Å². The number of ether oxygens (including phenoxy) is 1. The first-order valence-corrected chi connectivity index (χ1v) is 9.50. The zero-order chi connectivity index (χ0) is 21.0. The standard InChI is InChI=1S/C22H24N2O5/c1-13(11-20(25)24-14(2)21(26)27)23-22(28)29-12-19-17-9-5-3-7-15(17)16-8-4-6-10-18(16)19/h3-10,13-14,19H,11-12H2,1-2H3,(H,23,28)(H,24,25)(H,26,27)/t13?,14-/m1/s1. The molecule has 0 heterocycles. The Morgan fingerprint density at radius 3 is 2.07 bits per heavy atom. The van der Waals surface area contributed by atoms with E-state index in [2.05, 4.69) is 22.8 Å². The quantitative estimate of drug-likeness (QED) is 0.667. The molecule has 0 spiro atoms. The van der Waals surface area contributed by atoms with Gasteiger partial charge < -0.3 is 20.5 Å². The number of hydrogen-bond acceptors (Lipinski definition) is 4. The summed E-state index contributed by atoms with van der Waals surface area (Å²) < 4.78 is 5.44. The highest BCUT2D eigenvalue weighted by Gasteiger charge is 2.29. The predicted molar refractivity (Wildman–Crippen MR) is 108 cm³/mol. The van der Waals surface area contributed by atoms with Gasteiger partial charge in [-0.25, -0.2) is 4.79 Å². The van der Waals surface area contributed by atoms with Crippen LogP contribution in [-0.2, 0) is 14.3 Å². The molecule has 3 N–H and O–H groups in total. The maximum Gasteiger partial charge on any atom is 0.407 e. The largest absolute Gasteiger partial charge is 0.480 e. The number of aliphatic carboxylic acids is 1. The minimum absolute atomic E-state index is 0.0387. The molecule has 0 aromatic heterocycles. The average molecular weight is 396 g/mol. The van der Waals surface area contributed by atoms with Gasteiger partial charge in [-0.2, -0.15) is 0 Å². The molecule has 2 amide bonds. The van der Waals surface area contributed by atoms with Gasteiger partial charge in [0.1, 0.15) is 12.6 Å². The number of hydrogen-bond donors (Lipinski definition) is 3. The molecule has 1 unspecified atom stereocenters. The first-order chi connectivity index (χ1) is 13.9. The summed E-state index contributed by atoms with van der Waals surface area (Å²) in [7, 11) is 0. The highest BCUT2D eigenvalue weighted by molar-refractivity contribution is 5.84. The van der Waals surface area contributed by atoms with Gasteiger partial charge in [-0.1, -0.05) is 48.5 Å². The fraction of sp³-hybridized carbons (Fsp3) is 0.318. The third kappa shape index (κ3) is 4.74. The van der Waals surface area contributed by atoms with E-state index in [1.165, 1.54) is 6.92 Å². The molecular formula is C22H24N2O5. The summed E-state index contributed by atoms with van der Waals surface area (Å²) >= 11 is 0. The predicted octanol–water partition coefficient (Wildman–Crippen LogP) is 2.89. The van der Waals surface area contributed by atoms with E-state index in [0.717, 1.165) is 22.3 Å². The van der Waals surface area contributed by atoms with Crippen LogP contribution in [0.25, 0.3) is 11.1 Å². The summed E-state index contributed by atoms with van der Waals surface area (Å²) in [5.74, 6) is -1.61. The van der Waals surface area contributed by atoms with Gasteiger partial charge in [-0.15, -0.1) is 0 Å². The van der Waals surface area contributed by atoms with E-state index in [4.69, 9.17) is 9.84 Å². The lowest BCUT2D eigenvalue weighted by molar-refractivity contribution is -0.141. The second-order valence-corrected chi connectivity index (χ2v) is 7.20. The van der Waals surface area contributed by atoms with Crippen LogP contribution in [0.4, 0.5) is 4.79 Å². The number of amides is 2. The summed E-state index contributed by atoms with van der Waals surface area (Å²) in [4.78, 5) is 34.8. The van der Waals surface area contributed by atoms with Crippen LogP contribution >= 0.6 is 0 Å². The monoisotopic (exact) mass is 396 g/mol. The SMILES string of the molecule is CC(CC(=O)N[C@H](C)C(=O)O)NC(=O)OCC1c2ccccc2-c2ccccc21. The van der Waals surface area contributed by atoms with Crippen LogP contribution in [0.3, 0.4) is 0 Å². The summed E-state index contributed by atoms with van der Waals surface area (Å²) in [6.45, 7) is 3.23. The number of fused-ring (bicyclic) bond motifs is 3. The molecular weight excluding hydrogens is 372 g/mol. The van der Waals surface area contributed by atoms with Gasteiger partial charge in [0, 0.05) is 18.4 Å². The van der Waals surface area contributed by atoms with Crippen molar-refractivity contribution in [3.63, 3.8) is 0 Å². The van der Waals surface area contributed by atoms with E-state index in [-0.39, 0.29) is 18.9 Å². The Bertz CT molecular complexity index is 881. The Balaban J connectivity index is 1.55. The van der Waals surface area contributed by atoms with Crippen LogP contribution in [0.2, 0.25) is 0 Å². The molecule has 7 nitrogen and oxygen atoms in total. The van der Waals surface area contributed by atoms with Crippen molar-refractivity contribution in [1.82, 2.24) is 10.6 Å². The minimum atomic E-state index is -1.12. The minimum Gasteiger partial charge on any atom is -0.480 e. The van der Waals surface area contributed by atoms with Gasteiger partial charge in [0.2, 0.25) is 5.91 Å². The van der Waals surface area contributed by atoms with E-state index in [9.17, 15) is 14.4 Å². The van der Waals surface area contributed by atoms with Crippen molar-refractivity contribution in [3.05, 3.63) is 59.7 Å². The summed E-state index contributed by atoms with van der Waals surface area (Å²) in [5.41, 5.74) is 4.54. The molecule has 0 aliphatic heterocycles. The highest BCUT2D eigenvalue weighted by atomic mass is 16.5. The normalized spacial score (nSPS) is 14.3. The fourth-order valence-electron chi connectivity index (χ4n) is 3.53. The number of carbonyl (C=O) groups excluding carboxylic acids is 2. The van der Waals surface area contributed by atoms with Crippen molar-refractivity contribution in [2.24, 2.45) is 0 Å². The van der Waals surface area contributed by atoms with E-state index in [0.29, 0.717) is 0 Å². The third-order valence-electron chi connectivity index (χ3n) is 4.95. The maximum atomic E-state index is 12.2. The molecule has 3 rings (SSSR count). The lowest BCUT2D eigenvalue weighted by atomic mass is 9.98. The average Bonchev–Trinajstić information content (AvgIpc) is 3.00. The smallest absolute Gasteiger partial charge is 0.407 e. The molecule has 2 atom stereocenters. The molecule has 0 saturated heterocycles. The molecule has 2 aromatic rings. The molecule has 1 aliphatic carbocycles. The van der Waals surface area contributed by atoms with E-state index >= 15 is 0 Å². The van der Waals surface area contributed by atoms with Crippen molar-refractivity contribution in [2.45, 2.75) is 38.3 Å². The van der Waals surface area contributed by atoms with E-state index in [1.54, 1.807) is 6.92 Å². The Morgan fingerprint density at radius 2 is 1.52 bits per heavy atom. The van der Waals surface area contributed by atoms with Gasteiger partial charge in [-0.3, -0.25) is 9.59 Å². The lowest BCUT2D eigenvalue weighted by Crippen LogP contribution is -2.42. The molecule has 0 saturated carbocycles. The summed E-state index contributed by atoms with van der Waals surface area (Å²) in [6.07, 6.45) is -0.652. The zero-order valence-corrected chi connectivity index (χ0v) is 16.3. The Morgan fingerprint density at radius 1 is 0.966 bits per heavy atom. The first-order valence-electron chi connectivity index (χ1n) is 9.50. The van der Waals surface area contributed by atoms with Crippen LogP contribution in [0, 0.1) is 0 Å². The second kappa shape index (κ2) is 8.77. The fourth-order valence-corrected chi connectivity index (χ4v) is 3.53. The van der Waals surface area contributed by atoms with E-state index in [1.807, 2.05) is 36.4 Å². The van der Waals surface area contributed by atoms with Gasteiger partial charge in [0.05, 0.1) is 0 Å². The number of carboxylic acids is 1. The molecule has 7 heteroatoms. The first kappa shape index (κ1) is 20.4. The number of benzene rings is 2. The Labute approximate surface area is 169 Å². The maximum absolute atomic E-state index is 12.2. The second-order valence-electron chi connectivity index (χ2n) is 7.20. The molecule has 0 radical (unpaired) electrons. The van der Waals surface area contributed by atoms with Crippen LogP contribution in [0.5, 0.6) is 0 Å². The molecule has 0 fully saturated rings. The van der Waals surface area contributed by atoms with Gasteiger partial charge >= 0.3 is 12.1 Å². The molecule has 1 aliphatic rings. The van der Waals surface area contributed by atoms with E-state index < -0.39 is 30.1 Å². The van der Waals surface area contributed by atoms with Crippen molar-refractivity contribution in [1.29, 1.82) is 0 Å². The van der Waals surface area contributed by atoms with Gasteiger partial charge in [0.25, 0.3) is 0 Å². The number of carbonyl (C=O) groups is 3. The van der Waals surface area contributed by atoms with Crippen LogP contribution in [0.1, 0.15) is 37.3 Å². The van der Waals surface area contributed by atoms with Crippen molar-refractivity contribution >= 4 is 18.0 Å². The van der Waals surface area contributed by atoms with Crippen LogP contribution in [0.15, 0.2) is 48.5 Å². The number of rotatable bonds is 7. The summed E-state index contributed by atoms with van der Waals surface area (Å²) in [6, 6.07) is 14.6. The third-order valence-corrected chi connectivity index (χ3v) is 4.95. The highest BCUT2D eigenvalue weighted by Crippen LogP contribution is 2.44. The van der Waals surface area contributed by atoms with Crippen LogP contribution < -0.4 is 10.6 Å².